The maximum Gasteiger partial charge on any atom is 0.307 e. The summed E-state index contributed by atoms with van der Waals surface area (Å²) in [5.74, 6) is -0.105. The highest BCUT2D eigenvalue weighted by molar-refractivity contribution is 5.79. The quantitative estimate of drug-likeness (QED) is 0.688. The summed E-state index contributed by atoms with van der Waals surface area (Å²) in [5, 5.41) is 0. The van der Waals surface area contributed by atoms with Crippen LogP contribution in [-0.2, 0) is 9.53 Å². The number of esters is 1. The van der Waals surface area contributed by atoms with E-state index in [0.717, 1.165) is 32.4 Å². The van der Waals surface area contributed by atoms with Gasteiger partial charge in [-0.2, -0.15) is 0 Å². The zero-order chi connectivity index (χ0) is 18.2. The van der Waals surface area contributed by atoms with Crippen LogP contribution in [-0.4, -0.2) is 37.1 Å². The van der Waals surface area contributed by atoms with Gasteiger partial charge in [-0.15, -0.1) is 0 Å². The average Bonchev–Trinajstić information content (AvgIpc) is 3.13. The molecule has 136 valence electrons. The van der Waals surface area contributed by atoms with Gasteiger partial charge in [0.25, 0.3) is 0 Å². The molecule has 0 aromatic heterocycles. The molecule has 0 aliphatic carbocycles. The zero-order valence-corrected chi connectivity index (χ0v) is 15.4. The van der Waals surface area contributed by atoms with Crippen LogP contribution in [0.25, 0.3) is 5.57 Å². The Balaban J connectivity index is 1.70. The molecule has 1 saturated heterocycles. The molecule has 0 radical (unpaired) electrons. The number of carbonyl (C=O) groups is 1. The molecule has 1 aliphatic heterocycles. The first kappa shape index (κ1) is 18.4. The summed E-state index contributed by atoms with van der Waals surface area (Å²) in [4.78, 5) is 14.0. The largest absolute Gasteiger partial charge is 0.469 e. The second kappa shape index (κ2) is 9.35. The molecular formula is C23H27NO2. The molecule has 3 rings (SSSR count). The van der Waals surface area contributed by atoms with Crippen molar-refractivity contribution in [3.05, 3.63) is 77.9 Å². The third-order valence-electron chi connectivity index (χ3n) is 5.06. The highest BCUT2D eigenvalue weighted by Gasteiger charge is 2.26. The van der Waals surface area contributed by atoms with Gasteiger partial charge < -0.3 is 4.74 Å². The maximum atomic E-state index is 11.6. The van der Waals surface area contributed by atoms with Gasteiger partial charge in [0.05, 0.1) is 13.5 Å². The number of rotatable bonds is 7. The molecule has 0 saturated carbocycles. The summed E-state index contributed by atoms with van der Waals surface area (Å²) < 4.78 is 4.84. The van der Waals surface area contributed by atoms with E-state index in [2.05, 4.69) is 59.5 Å². The lowest BCUT2D eigenvalue weighted by atomic mass is 9.97. The van der Waals surface area contributed by atoms with Gasteiger partial charge >= 0.3 is 5.97 Å². The predicted molar refractivity (Wildman–Crippen MR) is 106 cm³/mol. The van der Waals surface area contributed by atoms with Gasteiger partial charge in [-0.3, -0.25) is 9.69 Å². The van der Waals surface area contributed by atoms with Crippen molar-refractivity contribution >= 4 is 11.5 Å². The first-order valence-electron chi connectivity index (χ1n) is 9.40. The summed E-state index contributed by atoms with van der Waals surface area (Å²) in [7, 11) is 1.47. The summed E-state index contributed by atoms with van der Waals surface area (Å²) in [6.07, 6.45) is 6.05. The van der Waals surface area contributed by atoms with Gasteiger partial charge in [0, 0.05) is 12.6 Å². The van der Waals surface area contributed by atoms with Crippen LogP contribution < -0.4 is 0 Å². The molecule has 2 aromatic carbocycles. The fourth-order valence-electron chi connectivity index (χ4n) is 3.71. The fourth-order valence-corrected chi connectivity index (χ4v) is 3.71. The van der Waals surface area contributed by atoms with E-state index in [4.69, 9.17) is 4.74 Å². The molecule has 26 heavy (non-hydrogen) atoms. The van der Waals surface area contributed by atoms with Crippen LogP contribution in [0.15, 0.2) is 66.7 Å². The second-order valence-electron chi connectivity index (χ2n) is 6.75. The van der Waals surface area contributed by atoms with Crippen LogP contribution in [0.5, 0.6) is 0 Å². The molecule has 2 aromatic rings. The van der Waals surface area contributed by atoms with Gasteiger partial charge in [-0.25, -0.2) is 0 Å². The maximum absolute atomic E-state index is 11.6. The van der Waals surface area contributed by atoms with Crippen LogP contribution in [0, 0.1) is 0 Å². The van der Waals surface area contributed by atoms with E-state index in [1.54, 1.807) is 0 Å². The van der Waals surface area contributed by atoms with Crippen LogP contribution in [0.1, 0.15) is 36.8 Å². The Hall–Kier alpha value is -2.39. The van der Waals surface area contributed by atoms with E-state index < -0.39 is 0 Å². The van der Waals surface area contributed by atoms with Crippen LogP contribution in [0.2, 0.25) is 0 Å². The standard InChI is InChI=1S/C23H27NO2/c1-26-23(25)18-21-14-8-16-24(21)17-9-15-22(19-10-4-2-5-11-19)20-12-6-3-7-13-20/h2-7,10-13,15,21H,8-9,14,16-18H2,1H3/t21-/m0/s1. The summed E-state index contributed by atoms with van der Waals surface area (Å²) in [6, 6.07) is 21.4. The lowest BCUT2D eigenvalue weighted by Crippen LogP contribution is -2.32. The number of hydrogen-bond donors (Lipinski definition) is 0. The molecule has 0 N–H and O–H groups in total. The first-order valence-corrected chi connectivity index (χ1v) is 9.40. The molecule has 1 aliphatic rings. The number of carbonyl (C=O) groups excluding carboxylic acids is 1. The molecule has 1 atom stereocenters. The van der Waals surface area contributed by atoms with Gasteiger partial charge in [0.15, 0.2) is 0 Å². The normalized spacial score (nSPS) is 17.0. The molecule has 0 unspecified atom stereocenters. The Morgan fingerprint density at radius 2 is 1.69 bits per heavy atom. The summed E-state index contributed by atoms with van der Waals surface area (Å²) in [6.45, 7) is 2.05. The third kappa shape index (κ3) is 4.83. The lowest BCUT2D eigenvalue weighted by molar-refractivity contribution is -0.141. The minimum absolute atomic E-state index is 0.105. The topological polar surface area (TPSA) is 29.5 Å². The van der Waals surface area contributed by atoms with Gasteiger partial charge in [0.1, 0.15) is 0 Å². The number of benzene rings is 2. The van der Waals surface area contributed by atoms with Crippen LogP contribution in [0.3, 0.4) is 0 Å². The number of ether oxygens (including phenoxy) is 1. The van der Waals surface area contributed by atoms with Gasteiger partial charge in [-0.1, -0.05) is 66.7 Å². The Labute approximate surface area is 156 Å². The van der Waals surface area contributed by atoms with E-state index in [-0.39, 0.29) is 5.97 Å². The van der Waals surface area contributed by atoms with E-state index in [9.17, 15) is 4.79 Å². The highest BCUT2D eigenvalue weighted by atomic mass is 16.5. The number of nitrogens with zero attached hydrogens (tertiary/aromatic N) is 1. The monoisotopic (exact) mass is 349 g/mol. The highest BCUT2D eigenvalue weighted by Crippen LogP contribution is 2.25. The molecule has 3 nitrogen and oxygen atoms in total. The molecule has 3 heteroatoms. The Kier molecular flexibility index (Phi) is 6.62. The minimum atomic E-state index is -0.105. The number of methoxy groups -OCH3 is 1. The van der Waals surface area contributed by atoms with E-state index in [1.807, 2.05) is 12.1 Å². The van der Waals surface area contributed by atoms with Crippen molar-refractivity contribution in [2.75, 3.05) is 20.2 Å². The van der Waals surface area contributed by atoms with Crippen molar-refractivity contribution in [3.8, 4) is 0 Å². The second-order valence-corrected chi connectivity index (χ2v) is 6.75. The molecule has 0 bridgehead atoms. The summed E-state index contributed by atoms with van der Waals surface area (Å²) >= 11 is 0. The number of likely N-dealkylation sites (tertiary alicyclic amines) is 1. The van der Waals surface area contributed by atoms with E-state index in [0.29, 0.717) is 12.5 Å². The molecular weight excluding hydrogens is 322 g/mol. The van der Waals surface area contributed by atoms with Crippen molar-refractivity contribution in [3.63, 3.8) is 0 Å². The van der Waals surface area contributed by atoms with E-state index >= 15 is 0 Å². The molecule has 1 heterocycles. The van der Waals surface area contributed by atoms with Crippen LogP contribution >= 0.6 is 0 Å². The SMILES string of the molecule is COC(=O)C[C@@H]1CCCN1CCC=C(c1ccccc1)c1ccccc1. The van der Waals surface area contributed by atoms with Crippen molar-refractivity contribution in [2.45, 2.75) is 31.7 Å². The van der Waals surface area contributed by atoms with Crippen molar-refractivity contribution in [1.29, 1.82) is 0 Å². The smallest absolute Gasteiger partial charge is 0.307 e. The Morgan fingerprint density at radius 3 is 2.27 bits per heavy atom. The first-order chi connectivity index (χ1) is 12.8. The van der Waals surface area contributed by atoms with Gasteiger partial charge in [0.2, 0.25) is 0 Å². The molecule has 0 amide bonds. The Morgan fingerprint density at radius 1 is 1.08 bits per heavy atom. The Bertz CT molecular complexity index is 683. The van der Waals surface area contributed by atoms with Crippen molar-refractivity contribution in [1.82, 2.24) is 4.90 Å². The van der Waals surface area contributed by atoms with Gasteiger partial charge in [-0.05, 0) is 42.5 Å². The molecule has 1 fully saturated rings. The summed E-state index contributed by atoms with van der Waals surface area (Å²) in [5.41, 5.74) is 3.76. The predicted octanol–water partition coefficient (Wildman–Crippen LogP) is 4.54. The van der Waals surface area contributed by atoms with E-state index in [1.165, 1.54) is 23.8 Å². The molecule has 0 spiro atoms. The fraction of sp³-hybridized carbons (Fsp3) is 0.348. The van der Waals surface area contributed by atoms with Crippen molar-refractivity contribution in [2.24, 2.45) is 0 Å². The third-order valence-corrected chi connectivity index (χ3v) is 5.06. The lowest BCUT2D eigenvalue weighted by Gasteiger charge is -2.23. The number of hydrogen-bond acceptors (Lipinski definition) is 3. The van der Waals surface area contributed by atoms with Crippen molar-refractivity contribution < 1.29 is 9.53 Å². The minimum Gasteiger partial charge on any atom is -0.469 e. The average molecular weight is 349 g/mol. The zero-order valence-electron chi connectivity index (χ0n) is 15.4. The van der Waals surface area contributed by atoms with Crippen LogP contribution in [0.4, 0.5) is 0 Å².